The molecule has 1 aliphatic rings. The van der Waals surface area contributed by atoms with E-state index < -0.39 is 0 Å². The highest BCUT2D eigenvalue weighted by Gasteiger charge is 2.19. The molecule has 1 saturated heterocycles. The third-order valence-corrected chi connectivity index (χ3v) is 7.00. The molecule has 14 heteroatoms. The van der Waals surface area contributed by atoms with Crippen LogP contribution in [0.25, 0.3) is 33.4 Å². The Morgan fingerprint density at radius 2 is 1.85 bits per heavy atom. The number of fused-ring (bicyclic) bond motifs is 2. The number of nitrogens with two attached hydrogens (primary N) is 2. The Morgan fingerprint density at radius 3 is 2.65 bits per heavy atom. The predicted octanol–water partition coefficient (Wildman–Crippen LogP) is 1.55. The lowest BCUT2D eigenvalue weighted by molar-refractivity contribution is 0.0952. The molecule has 0 atom stereocenters. The van der Waals surface area contributed by atoms with Crippen LogP contribution in [0, 0.1) is 0 Å². The minimum atomic E-state index is -0.193. The van der Waals surface area contributed by atoms with Gasteiger partial charge in [-0.1, -0.05) is 0 Å². The number of likely N-dealkylation sites (N-methyl/N-ethyl adjacent to an activating group) is 1. The summed E-state index contributed by atoms with van der Waals surface area (Å²) in [4.78, 5) is 38.6. The number of oxazole rings is 1. The number of carbonyl (C=O) groups is 1. The molecule has 6 rings (SSSR count). The smallest absolute Gasteiger partial charge is 0.292 e. The van der Waals surface area contributed by atoms with Crippen LogP contribution in [0.15, 0.2) is 41.3 Å². The summed E-state index contributed by atoms with van der Waals surface area (Å²) >= 11 is 0. The number of carbonyl (C=O) groups excluding carboxylic acids is 1. The van der Waals surface area contributed by atoms with Crippen molar-refractivity contribution in [3.05, 3.63) is 42.5 Å². The number of benzene rings is 1. The Bertz CT molecular complexity index is 1650. The SMILES string of the molecule is CN1CCN(c2ncc(C(=O)NCCCCn3nc(-c4ccc5oc(N)nc5c4)c4c(N)ncnc43)cn2)CC1. The molecule has 1 amide bonds. The molecular weight excluding hydrogens is 512 g/mol. The van der Waals surface area contributed by atoms with Gasteiger partial charge in [0.15, 0.2) is 11.2 Å². The lowest BCUT2D eigenvalue weighted by Gasteiger charge is -2.32. The van der Waals surface area contributed by atoms with Gasteiger partial charge in [0.25, 0.3) is 11.9 Å². The van der Waals surface area contributed by atoms with Gasteiger partial charge in [0.1, 0.15) is 23.4 Å². The second-order valence-electron chi connectivity index (χ2n) is 9.79. The summed E-state index contributed by atoms with van der Waals surface area (Å²) in [6.45, 7) is 4.78. The number of anilines is 3. The molecule has 0 bridgehead atoms. The number of piperazine rings is 1. The van der Waals surface area contributed by atoms with Crippen LogP contribution < -0.4 is 21.7 Å². The molecule has 1 aromatic carbocycles. The predicted molar refractivity (Wildman–Crippen MR) is 150 cm³/mol. The molecule has 0 aliphatic carbocycles. The van der Waals surface area contributed by atoms with Gasteiger partial charge in [-0.3, -0.25) is 4.79 Å². The average molecular weight is 543 g/mol. The van der Waals surface area contributed by atoms with Crippen molar-refractivity contribution in [2.75, 3.05) is 56.1 Å². The highest BCUT2D eigenvalue weighted by Crippen LogP contribution is 2.32. The van der Waals surface area contributed by atoms with Crippen LogP contribution in [-0.2, 0) is 6.54 Å². The highest BCUT2D eigenvalue weighted by molar-refractivity contribution is 5.99. The molecular formula is C26H30N12O2. The maximum absolute atomic E-state index is 12.6. The minimum absolute atomic E-state index is 0.104. The summed E-state index contributed by atoms with van der Waals surface area (Å²) in [5.41, 5.74) is 15.7. The molecule has 14 nitrogen and oxygen atoms in total. The highest BCUT2D eigenvalue weighted by atomic mass is 16.4. The molecule has 0 spiro atoms. The lowest BCUT2D eigenvalue weighted by atomic mass is 10.1. The Labute approximate surface area is 229 Å². The van der Waals surface area contributed by atoms with Crippen molar-refractivity contribution < 1.29 is 9.21 Å². The van der Waals surface area contributed by atoms with Crippen molar-refractivity contribution in [1.82, 2.24) is 44.9 Å². The van der Waals surface area contributed by atoms with E-state index in [-0.39, 0.29) is 11.9 Å². The number of nitrogens with zero attached hydrogens (tertiary/aromatic N) is 9. The third-order valence-electron chi connectivity index (χ3n) is 7.00. The van der Waals surface area contributed by atoms with Gasteiger partial charge in [0.2, 0.25) is 5.95 Å². The van der Waals surface area contributed by atoms with E-state index in [1.807, 2.05) is 16.8 Å². The van der Waals surface area contributed by atoms with E-state index in [2.05, 4.69) is 47.1 Å². The monoisotopic (exact) mass is 542 g/mol. The minimum Gasteiger partial charge on any atom is -0.424 e. The molecule has 0 radical (unpaired) electrons. The molecule has 5 aromatic rings. The number of aromatic nitrogens is 7. The maximum Gasteiger partial charge on any atom is 0.292 e. The largest absolute Gasteiger partial charge is 0.424 e. The zero-order valence-electron chi connectivity index (χ0n) is 22.1. The van der Waals surface area contributed by atoms with Gasteiger partial charge < -0.3 is 31.0 Å². The molecule has 5 N–H and O–H groups in total. The standard InChI is InChI=1S/C26H30N12O2/c1-36-8-10-37(11-9-36)26-30-13-17(14-31-26)24(39)29-6-2-3-7-38-23-20(22(27)32-15-33-23)21(35-38)16-4-5-19-18(12-16)34-25(28)40-19/h4-5,12-15H,2-3,6-11H2,1H3,(H2,28,34)(H,29,39)(H2,27,32,33). The molecule has 206 valence electrons. The van der Waals surface area contributed by atoms with Crippen LogP contribution in [0.1, 0.15) is 23.2 Å². The topological polar surface area (TPSA) is 183 Å². The van der Waals surface area contributed by atoms with Crippen molar-refractivity contribution >= 4 is 45.8 Å². The first kappa shape index (κ1) is 25.4. The van der Waals surface area contributed by atoms with Crippen LogP contribution in [-0.4, -0.2) is 85.3 Å². The van der Waals surface area contributed by atoms with Crippen molar-refractivity contribution in [1.29, 1.82) is 0 Å². The maximum atomic E-state index is 12.6. The van der Waals surface area contributed by atoms with Crippen LogP contribution in [0.4, 0.5) is 17.8 Å². The van der Waals surface area contributed by atoms with Crippen molar-refractivity contribution in [3.63, 3.8) is 0 Å². The van der Waals surface area contributed by atoms with Crippen LogP contribution in [0.3, 0.4) is 0 Å². The summed E-state index contributed by atoms with van der Waals surface area (Å²) < 4.78 is 7.20. The second-order valence-corrected chi connectivity index (χ2v) is 9.79. The van der Waals surface area contributed by atoms with E-state index in [1.165, 1.54) is 6.33 Å². The zero-order valence-corrected chi connectivity index (χ0v) is 22.1. The second kappa shape index (κ2) is 10.7. The van der Waals surface area contributed by atoms with Gasteiger partial charge in [-0.05, 0) is 38.1 Å². The van der Waals surface area contributed by atoms with Gasteiger partial charge in [0, 0.05) is 57.2 Å². The van der Waals surface area contributed by atoms with Gasteiger partial charge in [0.05, 0.1) is 10.9 Å². The first-order chi connectivity index (χ1) is 19.5. The fourth-order valence-corrected chi connectivity index (χ4v) is 4.78. The van der Waals surface area contributed by atoms with Gasteiger partial charge >= 0.3 is 0 Å². The van der Waals surface area contributed by atoms with Crippen LogP contribution in [0.5, 0.6) is 0 Å². The van der Waals surface area contributed by atoms with Gasteiger partial charge in [-0.2, -0.15) is 10.1 Å². The first-order valence-corrected chi connectivity index (χ1v) is 13.1. The summed E-state index contributed by atoms with van der Waals surface area (Å²) in [7, 11) is 2.10. The quantitative estimate of drug-likeness (QED) is 0.241. The molecule has 1 aliphatic heterocycles. The van der Waals surface area contributed by atoms with Crippen molar-refractivity contribution in [2.45, 2.75) is 19.4 Å². The number of hydrogen-bond donors (Lipinski definition) is 3. The Kier molecular flexibility index (Phi) is 6.82. The normalized spacial score (nSPS) is 14.3. The zero-order chi connectivity index (χ0) is 27.6. The van der Waals surface area contributed by atoms with Crippen LogP contribution in [0.2, 0.25) is 0 Å². The number of nitrogens with one attached hydrogen (secondary N) is 1. The Hall–Kier alpha value is -4.85. The molecule has 0 unspecified atom stereocenters. The summed E-state index contributed by atoms with van der Waals surface area (Å²) in [6.07, 6.45) is 6.11. The van der Waals surface area contributed by atoms with E-state index in [9.17, 15) is 4.79 Å². The Morgan fingerprint density at radius 1 is 1.05 bits per heavy atom. The molecule has 40 heavy (non-hydrogen) atoms. The van der Waals surface area contributed by atoms with Gasteiger partial charge in [-0.25, -0.2) is 24.6 Å². The molecule has 5 heterocycles. The number of hydrogen-bond acceptors (Lipinski definition) is 12. The summed E-state index contributed by atoms with van der Waals surface area (Å²) in [5.74, 6) is 0.810. The fraction of sp³-hybridized carbons (Fsp3) is 0.346. The van der Waals surface area contributed by atoms with E-state index in [0.29, 0.717) is 58.2 Å². The van der Waals surface area contributed by atoms with E-state index in [0.717, 1.165) is 44.6 Å². The third kappa shape index (κ3) is 5.08. The van der Waals surface area contributed by atoms with Crippen molar-refractivity contribution in [3.8, 4) is 11.3 Å². The van der Waals surface area contributed by atoms with E-state index in [1.54, 1.807) is 18.5 Å². The first-order valence-electron chi connectivity index (χ1n) is 13.1. The molecule has 4 aromatic heterocycles. The Balaban J connectivity index is 1.07. The number of aryl methyl sites for hydroxylation is 1. The van der Waals surface area contributed by atoms with Gasteiger partial charge in [-0.15, -0.1) is 0 Å². The fourth-order valence-electron chi connectivity index (χ4n) is 4.78. The lowest BCUT2D eigenvalue weighted by Crippen LogP contribution is -2.45. The molecule has 1 fully saturated rings. The molecule has 0 saturated carbocycles. The summed E-state index contributed by atoms with van der Waals surface area (Å²) in [5, 5.41) is 8.42. The number of rotatable bonds is 8. The number of amides is 1. The number of unbranched alkanes of at least 4 members (excludes halogenated alkanes) is 1. The summed E-state index contributed by atoms with van der Waals surface area (Å²) in [6, 6.07) is 5.63. The van der Waals surface area contributed by atoms with E-state index in [4.69, 9.17) is 21.0 Å². The van der Waals surface area contributed by atoms with Crippen LogP contribution >= 0.6 is 0 Å². The van der Waals surface area contributed by atoms with E-state index >= 15 is 0 Å². The number of nitrogen functional groups attached to an aromatic ring is 2. The van der Waals surface area contributed by atoms with Crippen molar-refractivity contribution in [2.24, 2.45) is 0 Å². The average Bonchev–Trinajstić information content (AvgIpc) is 3.53.